The summed E-state index contributed by atoms with van der Waals surface area (Å²) < 4.78 is 0. The van der Waals surface area contributed by atoms with E-state index in [-0.39, 0.29) is 6.10 Å². The Balaban J connectivity index is 1.79. The van der Waals surface area contributed by atoms with Crippen LogP contribution in [0.1, 0.15) is 41.5 Å². The highest BCUT2D eigenvalue weighted by molar-refractivity contribution is 7.99. The monoisotopic (exact) mass is 242 g/mol. The van der Waals surface area contributed by atoms with Crippen LogP contribution >= 0.6 is 23.1 Å². The van der Waals surface area contributed by atoms with Crippen LogP contribution in [-0.2, 0) is 0 Å². The van der Waals surface area contributed by atoms with Crippen molar-refractivity contribution in [3.8, 4) is 0 Å². The smallest absolute Gasteiger partial charge is 0.0972 e. The van der Waals surface area contributed by atoms with Gasteiger partial charge in [0.25, 0.3) is 0 Å². The number of aryl methyl sites for hydroxylation is 1. The summed E-state index contributed by atoms with van der Waals surface area (Å²) in [7, 11) is 0. The summed E-state index contributed by atoms with van der Waals surface area (Å²) in [4.78, 5) is 2.41. The van der Waals surface area contributed by atoms with Crippen molar-refractivity contribution >= 4 is 23.1 Å². The van der Waals surface area contributed by atoms with Gasteiger partial charge in [-0.05, 0) is 31.9 Å². The number of hydrogen-bond acceptors (Lipinski definition) is 3. The number of thiophene rings is 1. The van der Waals surface area contributed by atoms with Crippen molar-refractivity contribution in [1.82, 2.24) is 0 Å². The lowest BCUT2D eigenvalue weighted by Gasteiger charge is -2.12. The Morgan fingerprint density at radius 3 is 2.80 bits per heavy atom. The van der Waals surface area contributed by atoms with Crippen molar-refractivity contribution in [3.63, 3.8) is 0 Å². The van der Waals surface area contributed by atoms with Gasteiger partial charge in [-0.2, -0.15) is 11.8 Å². The van der Waals surface area contributed by atoms with Gasteiger partial charge in [0.1, 0.15) is 0 Å². The second kappa shape index (κ2) is 5.37. The van der Waals surface area contributed by atoms with Crippen LogP contribution in [0.3, 0.4) is 0 Å². The lowest BCUT2D eigenvalue weighted by atomic mass is 10.3. The zero-order valence-corrected chi connectivity index (χ0v) is 10.7. The fraction of sp³-hybridized carbons (Fsp3) is 0.667. The number of thioether (sulfide) groups is 1. The van der Waals surface area contributed by atoms with Crippen LogP contribution in [0.15, 0.2) is 12.1 Å². The molecule has 2 rings (SSSR count). The van der Waals surface area contributed by atoms with Crippen LogP contribution in [0.5, 0.6) is 0 Å². The third kappa shape index (κ3) is 3.23. The predicted octanol–water partition coefficient (Wildman–Crippen LogP) is 3.77. The van der Waals surface area contributed by atoms with Crippen molar-refractivity contribution in [2.45, 2.75) is 44.0 Å². The first kappa shape index (κ1) is 11.5. The quantitative estimate of drug-likeness (QED) is 0.867. The Morgan fingerprint density at radius 1 is 1.47 bits per heavy atom. The molecule has 3 heteroatoms. The Morgan fingerprint density at radius 2 is 2.20 bits per heavy atom. The van der Waals surface area contributed by atoms with Crippen molar-refractivity contribution < 1.29 is 5.11 Å². The molecule has 1 saturated carbocycles. The zero-order valence-electron chi connectivity index (χ0n) is 9.11. The topological polar surface area (TPSA) is 20.2 Å². The molecule has 84 valence electrons. The molecule has 1 N–H and O–H groups in total. The fourth-order valence-electron chi connectivity index (χ4n) is 2.00. The summed E-state index contributed by atoms with van der Waals surface area (Å²) in [5, 5.41) is 10.8. The van der Waals surface area contributed by atoms with E-state index >= 15 is 0 Å². The molecule has 0 aromatic carbocycles. The molecular formula is C12H18OS2. The molecule has 1 aliphatic carbocycles. The van der Waals surface area contributed by atoms with Gasteiger partial charge in [0.05, 0.1) is 6.10 Å². The normalized spacial score (nSPS) is 19.6. The Labute approximate surface area is 99.9 Å². The van der Waals surface area contributed by atoms with Gasteiger partial charge in [0, 0.05) is 20.8 Å². The van der Waals surface area contributed by atoms with Crippen molar-refractivity contribution in [2.75, 3.05) is 5.75 Å². The highest BCUT2D eigenvalue weighted by atomic mass is 32.2. The van der Waals surface area contributed by atoms with E-state index in [0.717, 1.165) is 15.9 Å². The molecule has 0 spiro atoms. The maximum atomic E-state index is 9.98. The minimum atomic E-state index is -0.255. The fourth-order valence-corrected chi connectivity index (χ4v) is 4.27. The van der Waals surface area contributed by atoms with Gasteiger partial charge in [0.15, 0.2) is 0 Å². The van der Waals surface area contributed by atoms with Crippen LogP contribution in [0, 0.1) is 6.92 Å². The van der Waals surface area contributed by atoms with E-state index in [1.54, 1.807) is 11.3 Å². The minimum absolute atomic E-state index is 0.255. The molecule has 0 amide bonds. The third-order valence-electron chi connectivity index (χ3n) is 2.88. The lowest BCUT2D eigenvalue weighted by molar-refractivity contribution is 0.208. The maximum Gasteiger partial charge on any atom is 0.0972 e. The summed E-state index contributed by atoms with van der Waals surface area (Å²) in [6.45, 7) is 2.09. The summed E-state index contributed by atoms with van der Waals surface area (Å²) in [5.41, 5.74) is 0. The molecule has 1 atom stereocenters. The molecule has 0 saturated heterocycles. The van der Waals surface area contributed by atoms with Gasteiger partial charge in [-0.3, -0.25) is 0 Å². The molecule has 0 aliphatic heterocycles. The van der Waals surface area contributed by atoms with Gasteiger partial charge in [-0.15, -0.1) is 11.3 Å². The predicted molar refractivity (Wildman–Crippen MR) is 68.7 cm³/mol. The first-order valence-electron chi connectivity index (χ1n) is 5.61. The number of aliphatic hydroxyl groups excluding tert-OH is 1. The van der Waals surface area contributed by atoms with E-state index in [0.29, 0.717) is 0 Å². The molecule has 0 radical (unpaired) electrons. The summed E-state index contributed by atoms with van der Waals surface area (Å²) in [6.07, 6.45) is 5.20. The van der Waals surface area contributed by atoms with E-state index in [2.05, 4.69) is 19.1 Å². The number of hydrogen-bond donors (Lipinski definition) is 1. The molecule has 1 aliphatic rings. The molecule has 1 unspecified atom stereocenters. The summed E-state index contributed by atoms with van der Waals surface area (Å²) in [5.74, 6) is 0.866. The highest BCUT2D eigenvalue weighted by Gasteiger charge is 2.18. The van der Waals surface area contributed by atoms with E-state index in [4.69, 9.17) is 0 Å². The largest absolute Gasteiger partial charge is 0.387 e. The van der Waals surface area contributed by atoms with E-state index in [1.165, 1.54) is 30.6 Å². The van der Waals surface area contributed by atoms with Crippen molar-refractivity contribution in [3.05, 3.63) is 21.9 Å². The number of aliphatic hydroxyl groups is 1. The van der Waals surface area contributed by atoms with Gasteiger partial charge < -0.3 is 5.11 Å². The standard InChI is InChI=1S/C12H18OS2/c1-9-6-7-12(15-9)11(13)8-14-10-4-2-3-5-10/h6-7,10-11,13H,2-5,8H2,1H3. The summed E-state index contributed by atoms with van der Waals surface area (Å²) >= 11 is 3.67. The van der Waals surface area contributed by atoms with Gasteiger partial charge >= 0.3 is 0 Å². The molecule has 0 bridgehead atoms. The van der Waals surface area contributed by atoms with Crippen LogP contribution in [0.2, 0.25) is 0 Å². The van der Waals surface area contributed by atoms with E-state index < -0.39 is 0 Å². The Kier molecular flexibility index (Phi) is 4.12. The molecule has 1 heterocycles. The molecule has 1 aromatic rings. The second-order valence-electron chi connectivity index (χ2n) is 4.20. The maximum absolute atomic E-state index is 9.98. The lowest BCUT2D eigenvalue weighted by Crippen LogP contribution is -2.03. The molecule has 15 heavy (non-hydrogen) atoms. The Bertz CT molecular complexity index is 302. The van der Waals surface area contributed by atoms with Crippen LogP contribution in [-0.4, -0.2) is 16.1 Å². The molecule has 1 fully saturated rings. The molecule has 1 nitrogen and oxygen atoms in total. The Hall–Kier alpha value is 0.01000. The SMILES string of the molecule is Cc1ccc(C(O)CSC2CCCC2)s1. The second-order valence-corrected chi connectivity index (χ2v) is 6.86. The van der Waals surface area contributed by atoms with Crippen LogP contribution in [0.25, 0.3) is 0 Å². The first-order valence-corrected chi connectivity index (χ1v) is 7.48. The highest BCUT2D eigenvalue weighted by Crippen LogP contribution is 2.33. The average molecular weight is 242 g/mol. The molecular weight excluding hydrogens is 224 g/mol. The minimum Gasteiger partial charge on any atom is -0.387 e. The third-order valence-corrected chi connectivity index (χ3v) is 5.43. The van der Waals surface area contributed by atoms with Gasteiger partial charge in [-0.1, -0.05) is 12.8 Å². The van der Waals surface area contributed by atoms with Crippen LogP contribution in [0.4, 0.5) is 0 Å². The van der Waals surface area contributed by atoms with E-state index in [1.807, 2.05) is 11.8 Å². The molecule has 1 aromatic heterocycles. The first-order chi connectivity index (χ1) is 7.25. The summed E-state index contributed by atoms with van der Waals surface area (Å²) in [6, 6.07) is 4.14. The van der Waals surface area contributed by atoms with Gasteiger partial charge in [0.2, 0.25) is 0 Å². The van der Waals surface area contributed by atoms with Crippen molar-refractivity contribution in [2.24, 2.45) is 0 Å². The van der Waals surface area contributed by atoms with Gasteiger partial charge in [-0.25, -0.2) is 0 Å². The average Bonchev–Trinajstić information content (AvgIpc) is 2.84. The van der Waals surface area contributed by atoms with E-state index in [9.17, 15) is 5.11 Å². The number of rotatable bonds is 4. The van der Waals surface area contributed by atoms with Crippen molar-refractivity contribution in [1.29, 1.82) is 0 Å². The van der Waals surface area contributed by atoms with Crippen LogP contribution < -0.4 is 0 Å². The zero-order chi connectivity index (χ0) is 10.7.